The second-order valence-corrected chi connectivity index (χ2v) is 4.66. The lowest BCUT2D eigenvalue weighted by Gasteiger charge is -2.37. The maximum absolute atomic E-state index is 12.3. The van der Waals surface area contributed by atoms with E-state index in [4.69, 9.17) is 9.84 Å². The molecular formula is C13H22N2O4. The van der Waals surface area contributed by atoms with Gasteiger partial charge in [-0.25, -0.2) is 4.79 Å². The molecule has 1 atom stereocenters. The number of carbonyl (C=O) groups excluding carboxylic acids is 1. The van der Waals surface area contributed by atoms with Crippen LogP contribution in [0.1, 0.15) is 19.3 Å². The van der Waals surface area contributed by atoms with E-state index in [9.17, 15) is 9.59 Å². The van der Waals surface area contributed by atoms with Crippen molar-refractivity contribution in [3.63, 3.8) is 0 Å². The first-order valence-electron chi connectivity index (χ1n) is 6.48. The molecule has 19 heavy (non-hydrogen) atoms. The van der Waals surface area contributed by atoms with Crippen LogP contribution in [-0.4, -0.2) is 66.3 Å². The molecule has 0 aromatic carbocycles. The Hall–Kier alpha value is -1.56. The summed E-state index contributed by atoms with van der Waals surface area (Å²) in [5.74, 6) is -0.914. The topological polar surface area (TPSA) is 70.1 Å². The molecule has 0 radical (unpaired) electrons. The number of amides is 2. The number of carboxylic acid groups (broad SMARTS) is 1. The first kappa shape index (κ1) is 15.5. The number of morpholine rings is 1. The first-order valence-corrected chi connectivity index (χ1v) is 6.48. The zero-order chi connectivity index (χ0) is 14.3. The van der Waals surface area contributed by atoms with Gasteiger partial charge in [0.2, 0.25) is 0 Å². The van der Waals surface area contributed by atoms with E-state index >= 15 is 0 Å². The Bertz CT molecular complexity index is 333. The number of hydrogen-bond donors (Lipinski definition) is 1. The number of hydrogen-bond acceptors (Lipinski definition) is 3. The summed E-state index contributed by atoms with van der Waals surface area (Å²) in [7, 11) is 1.73. The predicted molar refractivity (Wildman–Crippen MR) is 71.0 cm³/mol. The number of nitrogens with zero attached hydrogens (tertiary/aromatic N) is 2. The lowest BCUT2D eigenvalue weighted by Crippen LogP contribution is -2.53. The quantitative estimate of drug-likeness (QED) is 0.581. The summed E-state index contributed by atoms with van der Waals surface area (Å²) < 4.78 is 5.25. The highest BCUT2D eigenvalue weighted by Crippen LogP contribution is 2.13. The van der Waals surface area contributed by atoms with E-state index in [1.165, 1.54) is 0 Å². The van der Waals surface area contributed by atoms with E-state index in [1.54, 1.807) is 16.8 Å². The largest absolute Gasteiger partial charge is 0.481 e. The number of rotatable bonds is 6. The number of urea groups is 1. The average Bonchev–Trinajstić information content (AvgIpc) is 2.38. The summed E-state index contributed by atoms with van der Waals surface area (Å²) in [5.41, 5.74) is 0. The smallest absolute Gasteiger partial charge is 0.320 e. The summed E-state index contributed by atoms with van der Waals surface area (Å²) in [6.07, 6.45) is 3.46. The SMILES string of the molecule is C=CCCCN(C)C(=O)N1CCOCC1CC(=O)O. The lowest BCUT2D eigenvalue weighted by atomic mass is 10.1. The Morgan fingerprint density at radius 3 is 2.95 bits per heavy atom. The van der Waals surface area contributed by atoms with Gasteiger partial charge in [-0.05, 0) is 12.8 Å². The summed E-state index contributed by atoms with van der Waals surface area (Å²) in [6.45, 7) is 5.48. The van der Waals surface area contributed by atoms with Crippen molar-refractivity contribution in [2.45, 2.75) is 25.3 Å². The van der Waals surface area contributed by atoms with Gasteiger partial charge in [-0.2, -0.15) is 0 Å². The van der Waals surface area contributed by atoms with Crippen molar-refractivity contribution in [3.8, 4) is 0 Å². The van der Waals surface area contributed by atoms with Gasteiger partial charge >= 0.3 is 12.0 Å². The van der Waals surface area contributed by atoms with E-state index in [0.29, 0.717) is 26.3 Å². The minimum atomic E-state index is -0.914. The van der Waals surface area contributed by atoms with Gasteiger partial charge in [-0.15, -0.1) is 6.58 Å². The van der Waals surface area contributed by atoms with Gasteiger partial charge in [0.25, 0.3) is 0 Å². The lowest BCUT2D eigenvalue weighted by molar-refractivity contribution is -0.139. The molecule has 0 saturated carbocycles. The number of allylic oxidation sites excluding steroid dienone is 1. The van der Waals surface area contributed by atoms with Gasteiger partial charge in [0.1, 0.15) is 0 Å². The third kappa shape index (κ3) is 4.90. The Morgan fingerprint density at radius 1 is 1.58 bits per heavy atom. The highest BCUT2D eigenvalue weighted by molar-refractivity contribution is 5.76. The fraction of sp³-hybridized carbons (Fsp3) is 0.692. The van der Waals surface area contributed by atoms with Gasteiger partial charge in [0.05, 0.1) is 25.7 Å². The van der Waals surface area contributed by atoms with Crippen LogP contribution in [-0.2, 0) is 9.53 Å². The van der Waals surface area contributed by atoms with Crippen molar-refractivity contribution >= 4 is 12.0 Å². The second kappa shape index (κ2) is 7.78. The van der Waals surface area contributed by atoms with E-state index in [0.717, 1.165) is 12.8 Å². The Kier molecular flexibility index (Phi) is 6.35. The summed E-state index contributed by atoms with van der Waals surface area (Å²) in [6, 6.07) is -0.501. The molecule has 0 aromatic heterocycles. The van der Waals surface area contributed by atoms with E-state index in [1.807, 2.05) is 6.08 Å². The van der Waals surface area contributed by atoms with Gasteiger partial charge in [0.15, 0.2) is 0 Å². The Balaban J connectivity index is 2.55. The van der Waals surface area contributed by atoms with E-state index in [-0.39, 0.29) is 18.5 Å². The zero-order valence-corrected chi connectivity index (χ0v) is 11.4. The van der Waals surface area contributed by atoms with Crippen LogP contribution in [0.5, 0.6) is 0 Å². The zero-order valence-electron chi connectivity index (χ0n) is 11.4. The summed E-state index contributed by atoms with van der Waals surface area (Å²) in [4.78, 5) is 26.3. The summed E-state index contributed by atoms with van der Waals surface area (Å²) in [5, 5.41) is 8.86. The number of ether oxygens (including phenoxy) is 1. The van der Waals surface area contributed by atoms with Gasteiger partial charge in [-0.1, -0.05) is 6.08 Å². The van der Waals surface area contributed by atoms with Crippen molar-refractivity contribution in [2.75, 3.05) is 33.4 Å². The maximum Gasteiger partial charge on any atom is 0.320 e. The highest BCUT2D eigenvalue weighted by Gasteiger charge is 2.30. The number of carbonyl (C=O) groups is 2. The van der Waals surface area contributed by atoms with Gasteiger partial charge in [-0.3, -0.25) is 4.79 Å². The fourth-order valence-corrected chi connectivity index (χ4v) is 2.07. The third-order valence-electron chi connectivity index (χ3n) is 3.11. The van der Waals surface area contributed by atoms with Crippen LogP contribution in [0.4, 0.5) is 4.79 Å². The van der Waals surface area contributed by atoms with E-state index in [2.05, 4.69) is 6.58 Å². The van der Waals surface area contributed by atoms with Crippen LogP contribution in [0.15, 0.2) is 12.7 Å². The summed E-state index contributed by atoms with van der Waals surface area (Å²) >= 11 is 0. The van der Waals surface area contributed by atoms with Crippen LogP contribution >= 0.6 is 0 Å². The van der Waals surface area contributed by atoms with Crippen LogP contribution in [0.25, 0.3) is 0 Å². The molecule has 1 N–H and O–H groups in total. The fourth-order valence-electron chi connectivity index (χ4n) is 2.07. The highest BCUT2D eigenvalue weighted by atomic mass is 16.5. The molecule has 1 aliphatic heterocycles. The van der Waals surface area contributed by atoms with Crippen molar-refractivity contribution < 1.29 is 19.4 Å². The van der Waals surface area contributed by atoms with Crippen molar-refractivity contribution in [1.82, 2.24) is 9.80 Å². The monoisotopic (exact) mass is 270 g/mol. The van der Waals surface area contributed by atoms with E-state index < -0.39 is 5.97 Å². The molecule has 2 amide bonds. The molecule has 1 rings (SSSR count). The molecule has 1 fully saturated rings. The molecule has 1 saturated heterocycles. The van der Waals surface area contributed by atoms with Crippen LogP contribution in [0, 0.1) is 0 Å². The minimum Gasteiger partial charge on any atom is -0.481 e. The number of aliphatic carboxylic acids is 1. The Labute approximate surface area is 113 Å². The molecule has 1 aliphatic rings. The van der Waals surface area contributed by atoms with Crippen LogP contribution in [0.3, 0.4) is 0 Å². The van der Waals surface area contributed by atoms with Gasteiger partial charge in [0, 0.05) is 20.1 Å². The van der Waals surface area contributed by atoms with Crippen molar-refractivity contribution in [3.05, 3.63) is 12.7 Å². The Morgan fingerprint density at radius 2 is 2.32 bits per heavy atom. The third-order valence-corrected chi connectivity index (χ3v) is 3.11. The molecule has 108 valence electrons. The normalized spacial score (nSPS) is 19.0. The molecule has 1 heterocycles. The molecule has 6 heteroatoms. The second-order valence-electron chi connectivity index (χ2n) is 4.66. The van der Waals surface area contributed by atoms with Gasteiger partial charge < -0.3 is 19.6 Å². The first-order chi connectivity index (χ1) is 9.06. The number of carboxylic acids is 1. The molecule has 6 nitrogen and oxygen atoms in total. The molecule has 0 spiro atoms. The van der Waals surface area contributed by atoms with Crippen molar-refractivity contribution in [1.29, 1.82) is 0 Å². The average molecular weight is 270 g/mol. The standard InChI is InChI=1S/C13H22N2O4/c1-3-4-5-6-14(2)13(18)15-7-8-19-10-11(15)9-12(16)17/h3,11H,1,4-10H2,2H3,(H,16,17). The van der Waals surface area contributed by atoms with Crippen molar-refractivity contribution in [2.24, 2.45) is 0 Å². The minimum absolute atomic E-state index is 0.0771. The molecular weight excluding hydrogens is 248 g/mol. The van der Waals surface area contributed by atoms with Crippen LogP contribution < -0.4 is 0 Å². The predicted octanol–water partition coefficient (Wildman–Crippen LogP) is 1.18. The molecule has 0 bridgehead atoms. The maximum atomic E-state index is 12.3. The van der Waals surface area contributed by atoms with Crippen LogP contribution in [0.2, 0.25) is 0 Å². The number of unbranched alkanes of at least 4 members (excludes halogenated alkanes) is 1. The molecule has 0 aromatic rings. The molecule has 0 aliphatic carbocycles. The molecule has 1 unspecified atom stereocenters.